The predicted octanol–water partition coefficient (Wildman–Crippen LogP) is 5.15. The molecule has 0 spiro atoms. The molecule has 0 bridgehead atoms. The van der Waals surface area contributed by atoms with E-state index in [1.54, 1.807) is 42.5 Å². The van der Waals surface area contributed by atoms with Gasteiger partial charge in [0.15, 0.2) is 0 Å². The average molecular weight is 571 g/mol. The van der Waals surface area contributed by atoms with Gasteiger partial charge in [0.2, 0.25) is 12.2 Å². The maximum atomic E-state index is 12.3. The number of isocyanates is 2. The molecular weight excluding hydrogens is 548 g/mol. The van der Waals surface area contributed by atoms with E-state index in [1.165, 1.54) is 42.5 Å². The van der Waals surface area contributed by atoms with E-state index in [0.29, 0.717) is 22.6 Å². The molecule has 0 fully saturated rings. The second-order valence-electron chi connectivity index (χ2n) is 8.24. The van der Waals surface area contributed by atoms with E-state index in [2.05, 4.69) is 25.9 Å². The van der Waals surface area contributed by atoms with Crippen molar-refractivity contribution in [3.8, 4) is 6.07 Å². The first-order valence-corrected chi connectivity index (χ1v) is 12.1. The highest BCUT2D eigenvalue weighted by Gasteiger charge is 2.18. The fraction of sp³-hybridized carbons (Fsp3) is 0.143. The van der Waals surface area contributed by atoms with Gasteiger partial charge < -0.3 is 14.2 Å². The standard InChI is InChI=1S/C28H22N6O8/c29-13-19-4-1-7-23(10-19)32-26(37)40-14-20(15-41-27(38)33-24-8-2-5-21(11-24)30-17-35)16-42-28(39)34-25-9-3-6-22(12-25)31-18-36/h1-12,20H,14-16H2,(H,32,37)(H,33,38)(H,34,39). The molecule has 3 amide bonds. The van der Waals surface area contributed by atoms with Crippen LogP contribution in [-0.4, -0.2) is 50.3 Å². The van der Waals surface area contributed by atoms with Crippen molar-refractivity contribution < 1.29 is 38.2 Å². The van der Waals surface area contributed by atoms with Crippen molar-refractivity contribution in [2.45, 2.75) is 0 Å². The Hall–Kier alpha value is -6.28. The first-order chi connectivity index (χ1) is 20.4. The van der Waals surface area contributed by atoms with E-state index >= 15 is 0 Å². The third-order valence-electron chi connectivity index (χ3n) is 5.12. The van der Waals surface area contributed by atoms with Gasteiger partial charge in [-0.3, -0.25) is 16.0 Å². The second-order valence-corrected chi connectivity index (χ2v) is 8.24. The lowest BCUT2D eigenvalue weighted by Crippen LogP contribution is -2.29. The Morgan fingerprint density at radius 3 is 1.48 bits per heavy atom. The highest BCUT2D eigenvalue weighted by molar-refractivity contribution is 5.86. The lowest BCUT2D eigenvalue weighted by molar-refractivity contribution is 0.0610. The smallest absolute Gasteiger partial charge is 0.411 e. The summed E-state index contributed by atoms with van der Waals surface area (Å²) in [5, 5.41) is 16.4. The number of ether oxygens (including phenoxy) is 3. The molecule has 0 aromatic heterocycles. The quantitative estimate of drug-likeness (QED) is 0.158. The Morgan fingerprint density at radius 2 is 1.07 bits per heavy atom. The number of aliphatic imine (C=N–C) groups is 2. The molecule has 0 aliphatic heterocycles. The number of nitriles is 1. The fourth-order valence-electron chi connectivity index (χ4n) is 3.27. The molecule has 0 aliphatic rings. The predicted molar refractivity (Wildman–Crippen MR) is 148 cm³/mol. The number of rotatable bonds is 11. The minimum Gasteiger partial charge on any atom is -0.449 e. The molecule has 0 aliphatic carbocycles. The monoisotopic (exact) mass is 570 g/mol. The van der Waals surface area contributed by atoms with E-state index in [-0.39, 0.29) is 31.2 Å². The number of hydrogen-bond acceptors (Lipinski definition) is 11. The van der Waals surface area contributed by atoms with Gasteiger partial charge in [0.1, 0.15) is 19.8 Å². The largest absolute Gasteiger partial charge is 0.449 e. The topological polar surface area (TPSA) is 198 Å². The summed E-state index contributed by atoms with van der Waals surface area (Å²) in [5.41, 5.74) is 1.77. The summed E-state index contributed by atoms with van der Waals surface area (Å²) >= 11 is 0. The lowest BCUT2D eigenvalue weighted by Gasteiger charge is -2.18. The van der Waals surface area contributed by atoms with Crippen LogP contribution in [0.5, 0.6) is 0 Å². The van der Waals surface area contributed by atoms with Gasteiger partial charge in [0.05, 0.1) is 28.9 Å². The van der Waals surface area contributed by atoms with Gasteiger partial charge in [-0.2, -0.15) is 15.2 Å². The van der Waals surface area contributed by atoms with Crippen LogP contribution in [0.1, 0.15) is 5.56 Å². The molecule has 0 saturated heterocycles. The van der Waals surface area contributed by atoms with E-state index in [4.69, 9.17) is 19.5 Å². The van der Waals surface area contributed by atoms with Gasteiger partial charge in [-0.05, 0) is 54.6 Å². The average Bonchev–Trinajstić information content (AvgIpc) is 2.97. The Morgan fingerprint density at radius 1 is 0.667 bits per heavy atom. The van der Waals surface area contributed by atoms with Crippen molar-refractivity contribution in [1.82, 2.24) is 0 Å². The zero-order chi connectivity index (χ0) is 30.2. The number of benzene rings is 3. The maximum Gasteiger partial charge on any atom is 0.411 e. The number of carbonyl (C=O) groups is 3. The van der Waals surface area contributed by atoms with Crippen molar-refractivity contribution in [2.75, 3.05) is 35.8 Å². The molecule has 0 heterocycles. The zero-order valence-electron chi connectivity index (χ0n) is 21.7. The molecule has 14 nitrogen and oxygen atoms in total. The number of nitrogens with zero attached hydrogens (tertiary/aromatic N) is 3. The normalized spacial score (nSPS) is 10.4. The van der Waals surface area contributed by atoms with E-state index < -0.39 is 24.2 Å². The first kappa shape index (κ1) is 30.3. The van der Waals surface area contributed by atoms with Gasteiger partial charge in [-0.15, -0.1) is 0 Å². The number of carbonyl (C=O) groups excluding carboxylic acids is 5. The van der Waals surface area contributed by atoms with Crippen LogP contribution in [0.4, 0.5) is 42.8 Å². The van der Waals surface area contributed by atoms with Gasteiger partial charge in [-0.1, -0.05) is 18.2 Å². The molecule has 0 saturated carbocycles. The van der Waals surface area contributed by atoms with Gasteiger partial charge in [-0.25, -0.2) is 24.0 Å². The SMILES string of the molecule is N#Cc1cccc(NC(=O)OCC(COC(=O)Nc2cccc(N=C=O)c2)COC(=O)Nc2cccc(N=C=O)c2)c1. The lowest BCUT2D eigenvalue weighted by atomic mass is 10.2. The highest BCUT2D eigenvalue weighted by atomic mass is 16.6. The van der Waals surface area contributed by atoms with Gasteiger partial charge in [0.25, 0.3) is 0 Å². The second kappa shape index (κ2) is 16.0. The molecule has 14 heteroatoms. The Bertz CT molecular complexity index is 1490. The summed E-state index contributed by atoms with van der Waals surface area (Å²) < 4.78 is 15.6. The summed E-state index contributed by atoms with van der Waals surface area (Å²) in [6.45, 7) is -0.977. The van der Waals surface area contributed by atoms with Crippen LogP contribution in [0.15, 0.2) is 82.8 Å². The van der Waals surface area contributed by atoms with Crippen molar-refractivity contribution in [1.29, 1.82) is 5.26 Å². The third kappa shape index (κ3) is 10.5. The summed E-state index contributed by atoms with van der Waals surface area (Å²) in [4.78, 5) is 64.9. The minimum atomic E-state index is -0.873. The number of nitrogens with one attached hydrogen (secondary N) is 3. The highest BCUT2D eigenvalue weighted by Crippen LogP contribution is 2.19. The fourth-order valence-corrected chi connectivity index (χ4v) is 3.27. The molecule has 3 aromatic carbocycles. The summed E-state index contributed by atoms with van der Waals surface area (Å²) in [6, 6.07) is 20.2. The van der Waals surface area contributed by atoms with Crippen molar-refractivity contribution in [3.05, 3.63) is 78.4 Å². The van der Waals surface area contributed by atoms with Crippen molar-refractivity contribution >= 4 is 58.9 Å². The third-order valence-corrected chi connectivity index (χ3v) is 5.12. The molecule has 0 atom stereocenters. The molecule has 212 valence electrons. The molecule has 3 rings (SSSR count). The van der Waals surface area contributed by atoms with E-state index in [0.717, 1.165) is 0 Å². The summed E-state index contributed by atoms with van der Waals surface area (Å²) in [6.07, 6.45) is 0.194. The van der Waals surface area contributed by atoms with Crippen LogP contribution >= 0.6 is 0 Å². The number of hydrogen-bond donors (Lipinski definition) is 3. The molecule has 3 aromatic rings. The molecule has 0 radical (unpaired) electrons. The summed E-state index contributed by atoms with van der Waals surface area (Å²) in [5.74, 6) is -0.797. The van der Waals surface area contributed by atoms with Gasteiger partial charge >= 0.3 is 18.3 Å². The van der Waals surface area contributed by atoms with E-state index in [1.807, 2.05) is 6.07 Å². The zero-order valence-corrected chi connectivity index (χ0v) is 21.7. The Balaban J connectivity index is 1.59. The minimum absolute atomic E-state index is 0.267. The van der Waals surface area contributed by atoms with Crippen molar-refractivity contribution in [2.24, 2.45) is 15.9 Å². The maximum absolute atomic E-state index is 12.3. The first-order valence-electron chi connectivity index (χ1n) is 12.1. The van der Waals surface area contributed by atoms with Crippen LogP contribution in [0.25, 0.3) is 0 Å². The Labute approximate surface area is 238 Å². The molecule has 3 N–H and O–H groups in total. The van der Waals surface area contributed by atoms with Crippen molar-refractivity contribution in [3.63, 3.8) is 0 Å². The van der Waals surface area contributed by atoms with Crippen LogP contribution < -0.4 is 16.0 Å². The van der Waals surface area contributed by atoms with E-state index in [9.17, 15) is 24.0 Å². The number of anilines is 3. The van der Waals surface area contributed by atoms with Crippen LogP contribution in [0.2, 0.25) is 0 Å². The summed E-state index contributed by atoms with van der Waals surface area (Å²) in [7, 11) is 0. The Kier molecular flexibility index (Phi) is 11.5. The molecular formula is C28H22N6O8. The van der Waals surface area contributed by atoms with Crippen LogP contribution in [0, 0.1) is 17.2 Å². The van der Waals surface area contributed by atoms with Gasteiger partial charge in [0, 0.05) is 17.1 Å². The van der Waals surface area contributed by atoms with Crippen LogP contribution in [0.3, 0.4) is 0 Å². The number of amides is 3. The van der Waals surface area contributed by atoms with Crippen LogP contribution in [-0.2, 0) is 23.8 Å². The molecule has 0 unspecified atom stereocenters. The molecule has 42 heavy (non-hydrogen) atoms.